The highest BCUT2D eigenvalue weighted by Gasteiger charge is 2.18. The predicted octanol–water partition coefficient (Wildman–Crippen LogP) is 4.28. The summed E-state index contributed by atoms with van der Waals surface area (Å²) in [5, 5.41) is 3.93. The Labute approximate surface area is 136 Å². The van der Waals surface area contributed by atoms with Gasteiger partial charge >= 0.3 is 6.03 Å². The number of rotatable bonds is 4. The largest absolute Gasteiger partial charge is 0.344 e. The van der Waals surface area contributed by atoms with E-state index >= 15 is 0 Å². The zero-order valence-corrected chi connectivity index (χ0v) is 13.6. The van der Waals surface area contributed by atoms with Gasteiger partial charge in [0.25, 0.3) is 0 Å². The van der Waals surface area contributed by atoms with E-state index in [9.17, 15) is 13.6 Å². The Morgan fingerprint density at radius 3 is 2.59 bits per heavy atom. The minimum Gasteiger partial charge on any atom is -0.323 e. The lowest BCUT2D eigenvalue weighted by molar-refractivity contribution is 0.201. The van der Waals surface area contributed by atoms with Gasteiger partial charge in [0.2, 0.25) is 0 Å². The van der Waals surface area contributed by atoms with Crippen LogP contribution in [0.2, 0.25) is 5.02 Å². The van der Waals surface area contributed by atoms with Crippen molar-refractivity contribution in [3.05, 3.63) is 41.1 Å². The summed E-state index contributed by atoms with van der Waals surface area (Å²) in [7, 11) is 0. The fourth-order valence-corrected chi connectivity index (χ4v) is 2.86. The van der Waals surface area contributed by atoms with Gasteiger partial charge < -0.3 is 4.90 Å². The Balaban J connectivity index is 2.22. The van der Waals surface area contributed by atoms with Crippen molar-refractivity contribution in [1.29, 1.82) is 0 Å². The van der Waals surface area contributed by atoms with E-state index in [1.165, 1.54) is 23.1 Å². The molecule has 0 fully saturated rings. The molecule has 0 atom stereocenters. The van der Waals surface area contributed by atoms with Crippen molar-refractivity contribution in [2.24, 2.45) is 0 Å². The van der Waals surface area contributed by atoms with E-state index in [2.05, 4.69) is 5.10 Å². The fraction of sp³-hybridized carbons (Fsp3) is 0.286. The lowest BCUT2D eigenvalue weighted by Crippen LogP contribution is -2.34. The van der Waals surface area contributed by atoms with Gasteiger partial charge in [-0.1, -0.05) is 23.4 Å². The van der Waals surface area contributed by atoms with Crippen LogP contribution in [0.1, 0.15) is 13.8 Å². The number of carbonyl (C=O) groups excluding carboxylic acids is 1. The van der Waals surface area contributed by atoms with E-state index in [4.69, 9.17) is 11.6 Å². The summed E-state index contributed by atoms with van der Waals surface area (Å²) in [6, 6.07) is 3.65. The first-order chi connectivity index (χ1) is 10.5. The average Bonchev–Trinajstić information content (AvgIpc) is 2.85. The Bertz CT molecular complexity index is 689. The summed E-state index contributed by atoms with van der Waals surface area (Å²) in [6.07, 6.45) is 1.04. The maximum Gasteiger partial charge on any atom is 0.344 e. The standard InChI is InChI=1S/C14H14ClF2N3OS/c1-3-19(4-2)14(21)20-8-12(17)13(18-20)22-9-5-6-11(16)10(15)7-9/h5-8H,3-4H2,1-2H3. The second kappa shape index (κ2) is 7.11. The molecule has 0 saturated heterocycles. The van der Waals surface area contributed by atoms with Crippen molar-refractivity contribution in [1.82, 2.24) is 14.7 Å². The third-order valence-electron chi connectivity index (χ3n) is 2.97. The van der Waals surface area contributed by atoms with Gasteiger partial charge in [0.15, 0.2) is 10.8 Å². The van der Waals surface area contributed by atoms with Crippen molar-refractivity contribution in [2.75, 3.05) is 13.1 Å². The Hall–Kier alpha value is -1.60. The number of carbonyl (C=O) groups is 1. The molecule has 4 nitrogen and oxygen atoms in total. The van der Waals surface area contributed by atoms with Gasteiger partial charge in [0.1, 0.15) is 5.82 Å². The summed E-state index contributed by atoms with van der Waals surface area (Å²) in [6.45, 7) is 4.68. The minimum absolute atomic E-state index is 0.0307. The van der Waals surface area contributed by atoms with Gasteiger partial charge in [-0.3, -0.25) is 0 Å². The number of nitrogens with zero attached hydrogens (tertiary/aromatic N) is 3. The number of aromatic nitrogens is 2. The zero-order chi connectivity index (χ0) is 16.3. The molecule has 118 valence electrons. The van der Waals surface area contributed by atoms with E-state index in [0.717, 1.165) is 22.6 Å². The van der Waals surface area contributed by atoms with Crippen LogP contribution in [0.3, 0.4) is 0 Å². The first-order valence-corrected chi connectivity index (χ1v) is 7.83. The minimum atomic E-state index is -0.619. The number of hydrogen-bond acceptors (Lipinski definition) is 3. The van der Waals surface area contributed by atoms with E-state index in [0.29, 0.717) is 18.0 Å². The Morgan fingerprint density at radius 2 is 2.00 bits per heavy atom. The van der Waals surface area contributed by atoms with E-state index in [-0.39, 0.29) is 10.0 Å². The third kappa shape index (κ3) is 3.59. The molecule has 1 heterocycles. The molecule has 0 saturated carbocycles. The summed E-state index contributed by atoms with van der Waals surface area (Å²) >= 11 is 6.66. The highest BCUT2D eigenvalue weighted by Crippen LogP contribution is 2.31. The van der Waals surface area contributed by atoms with Crippen molar-refractivity contribution in [2.45, 2.75) is 23.8 Å². The second-order valence-electron chi connectivity index (χ2n) is 4.36. The lowest BCUT2D eigenvalue weighted by Gasteiger charge is -2.17. The van der Waals surface area contributed by atoms with E-state index in [1.54, 1.807) is 0 Å². The van der Waals surface area contributed by atoms with Crippen LogP contribution in [-0.2, 0) is 0 Å². The molecule has 0 aliphatic rings. The number of halogens is 3. The molecule has 0 radical (unpaired) electrons. The van der Waals surface area contributed by atoms with Crippen LogP contribution < -0.4 is 0 Å². The molecule has 0 N–H and O–H groups in total. The highest BCUT2D eigenvalue weighted by atomic mass is 35.5. The molecular formula is C14H14ClF2N3OS. The molecule has 2 aromatic rings. The number of benzene rings is 1. The van der Waals surface area contributed by atoms with Crippen LogP contribution in [0.5, 0.6) is 0 Å². The van der Waals surface area contributed by atoms with Gasteiger partial charge in [0.05, 0.1) is 11.2 Å². The summed E-state index contributed by atoms with van der Waals surface area (Å²) in [5.74, 6) is -1.17. The first kappa shape index (κ1) is 16.8. The van der Waals surface area contributed by atoms with Crippen LogP contribution in [0.25, 0.3) is 0 Å². The number of hydrogen-bond donors (Lipinski definition) is 0. The van der Waals surface area contributed by atoms with Crippen molar-refractivity contribution >= 4 is 29.4 Å². The quantitative estimate of drug-likeness (QED) is 0.830. The molecule has 0 spiro atoms. The third-order valence-corrected chi connectivity index (χ3v) is 4.22. The Kier molecular flexibility index (Phi) is 5.42. The molecule has 1 aromatic carbocycles. The lowest BCUT2D eigenvalue weighted by atomic mass is 10.3. The van der Waals surface area contributed by atoms with Gasteiger partial charge in [0, 0.05) is 18.0 Å². The normalized spacial score (nSPS) is 10.8. The van der Waals surface area contributed by atoms with Crippen molar-refractivity contribution < 1.29 is 13.6 Å². The van der Waals surface area contributed by atoms with Crippen LogP contribution in [0, 0.1) is 11.6 Å². The van der Waals surface area contributed by atoms with Gasteiger partial charge in [-0.2, -0.15) is 9.78 Å². The van der Waals surface area contributed by atoms with Crippen LogP contribution in [0.4, 0.5) is 13.6 Å². The highest BCUT2D eigenvalue weighted by molar-refractivity contribution is 7.99. The maximum absolute atomic E-state index is 13.9. The van der Waals surface area contributed by atoms with Crippen molar-refractivity contribution in [3.8, 4) is 0 Å². The SMILES string of the molecule is CCN(CC)C(=O)n1cc(F)c(Sc2ccc(F)c(Cl)c2)n1. The second-order valence-corrected chi connectivity index (χ2v) is 5.83. The smallest absolute Gasteiger partial charge is 0.323 e. The summed E-state index contributed by atoms with van der Waals surface area (Å²) < 4.78 is 28.0. The molecular weight excluding hydrogens is 332 g/mol. The van der Waals surface area contributed by atoms with Crippen LogP contribution in [-0.4, -0.2) is 33.8 Å². The van der Waals surface area contributed by atoms with Crippen molar-refractivity contribution in [3.63, 3.8) is 0 Å². The summed E-state index contributed by atoms with van der Waals surface area (Å²) in [5.41, 5.74) is 0. The van der Waals surface area contributed by atoms with Gasteiger partial charge in [-0.25, -0.2) is 13.6 Å². The topological polar surface area (TPSA) is 38.1 Å². The molecule has 1 aromatic heterocycles. The first-order valence-electron chi connectivity index (χ1n) is 6.63. The fourth-order valence-electron chi connectivity index (χ4n) is 1.80. The summed E-state index contributed by atoms with van der Waals surface area (Å²) in [4.78, 5) is 14.2. The van der Waals surface area contributed by atoms with E-state index in [1.807, 2.05) is 13.8 Å². The zero-order valence-electron chi connectivity index (χ0n) is 12.0. The molecule has 0 aliphatic carbocycles. The number of amides is 1. The molecule has 22 heavy (non-hydrogen) atoms. The van der Waals surface area contributed by atoms with Gasteiger partial charge in [-0.15, -0.1) is 0 Å². The molecule has 0 bridgehead atoms. The monoisotopic (exact) mass is 345 g/mol. The molecule has 1 amide bonds. The van der Waals surface area contributed by atoms with Gasteiger partial charge in [-0.05, 0) is 32.0 Å². The molecule has 0 unspecified atom stereocenters. The maximum atomic E-state index is 13.9. The van der Waals surface area contributed by atoms with E-state index < -0.39 is 17.7 Å². The van der Waals surface area contributed by atoms with Crippen LogP contribution in [0.15, 0.2) is 34.3 Å². The molecule has 0 aliphatic heterocycles. The Morgan fingerprint density at radius 1 is 1.32 bits per heavy atom. The predicted molar refractivity (Wildman–Crippen MR) is 81.4 cm³/mol. The van der Waals surface area contributed by atoms with Crippen LogP contribution >= 0.6 is 23.4 Å². The molecule has 2 rings (SSSR count). The average molecular weight is 346 g/mol. The molecule has 8 heteroatoms.